The zero-order valence-corrected chi connectivity index (χ0v) is 23.9. The molecule has 0 saturated carbocycles. The summed E-state index contributed by atoms with van der Waals surface area (Å²) in [6.45, 7) is 11.0. The molecular weight excluding hydrogens is 503 g/mol. The van der Waals surface area contributed by atoms with Gasteiger partial charge in [0.15, 0.2) is 0 Å². The summed E-state index contributed by atoms with van der Waals surface area (Å²) in [5.74, 6) is -0.223. The highest BCUT2D eigenvalue weighted by atomic mass is 19.1. The molecule has 1 fully saturated rings. The van der Waals surface area contributed by atoms with Gasteiger partial charge in [0.05, 0.1) is 12.1 Å². The van der Waals surface area contributed by atoms with E-state index in [2.05, 4.69) is 4.90 Å². The number of likely N-dealkylation sites (N-methyl/N-ethyl adjacent to an activating group) is 2. The molecule has 1 aliphatic rings. The van der Waals surface area contributed by atoms with E-state index in [1.54, 1.807) is 11.0 Å². The van der Waals surface area contributed by atoms with Gasteiger partial charge >= 0.3 is 0 Å². The van der Waals surface area contributed by atoms with E-state index in [1.807, 2.05) is 97.3 Å². The number of hydrogen-bond acceptors (Lipinski definition) is 4. The van der Waals surface area contributed by atoms with Crippen LogP contribution in [0.4, 0.5) is 10.1 Å². The van der Waals surface area contributed by atoms with Crippen molar-refractivity contribution in [2.24, 2.45) is 0 Å². The lowest BCUT2D eigenvalue weighted by Gasteiger charge is -2.41. The second-order valence-electron chi connectivity index (χ2n) is 10.2. The molecule has 0 aromatic heterocycles. The van der Waals surface area contributed by atoms with Crippen molar-refractivity contribution < 1.29 is 14.0 Å². The first-order valence-corrected chi connectivity index (χ1v) is 14.4. The Kier molecular flexibility index (Phi) is 10.3. The second-order valence-corrected chi connectivity index (χ2v) is 10.2. The minimum absolute atomic E-state index is 0.0167. The fourth-order valence-corrected chi connectivity index (χ4v) is 5.46. The van der Waals surface area contributed by atoms with Crippen LogP contribution in [0, 0.1) is 5.82 Å². The van der Waals surface area contributed by atoms with Crippen LogP contribution in [-0.2, 0) is 22.6 Å². The Balaban J connectivity index is 1.40. The van der Waals surface area contributed by atoms with Crippen molar-refractivity contribution in [3.05, 3.63) is 101 Å². The Morgan fingerprint density at radius 1 is 0.775 bits per heavy atom. The first-order valence-electron chi connectivity index (χ1n) is 14.4. The molecule has 4 rings (SSSR count). The number of carbonyl (C=O) groups is 2. The Labute approximate surface area is 238 Å². The summed E-state index contributed by atoms with van der Waals surface area (Å²) in [6, 6.07) is 24.6. The number of carbonyl (C=O) groups excluding carboxylic acids is 2. The van der Waals surface area contributed by atoms with Crippen molar-refractivity contribution >= 4 is 17.5 Å². The maximum Gasteiger partial charge on any atom is 0.244 e. The van der Waals surface area contributed by atoms with Crippen LogP contribution in [0.2, 0.25) is 0 Å². The van der Waals surface area contributed by atoms with Gasteiger partial charge in [-0.15, -0.1) is 0 Å². The van der Waals surface area contributed by atoms with Crippen LogP contribution in [0.3, 0.4) is 0 Å². The summed E-state index contributed by atoms with van der Waals surface area (Å²) >= 11 is 0. The third-order valence-corrected chi connectivity index (χ3v) is 7.76. The first kappa shape index (κ1) is 29.3. The van der Waals surface area contributed by atoms with Crippen molar-refractivity contribution in [1.82, 2.24) is 14.7 Å². The molecule has 3 aromatic carbocycles. The van der Waals surface area contributed by atoms with E-state index in [1.165, 1.54) is 6.07 Å². The van der Waals surface area contributed by atoms with Crippen molar-refractivity contribution in [2.75, 3.05) is 50.7 Å². The van der Waals surface area contributed by atoms with Gasteiger partial charge < -0.3 is 14.7 Å². The molecule has 0 radical (unpaired) electrons. The molecule has 0 N–H and O–H groups in total. The van der Waals surface area contributed by atoms with Crippen LogP contribution in [-0.4, -0.2) is 72.3 Å². The predicted octanol–water partition coefficient (Wildman–Crippen LogP) is 5.15. The minimum atomic E-state index is -0.348. The van der Waals surface area contributed by atoms with Gasteiger partial charge in [-0.3, -0.25) is 14.5 Å². The number of anilines is 1. The normalized spacial score (nSPS) is 14.6. The molecule has 1 unspecified atom stereocenters. The third-order valence-electron chi connectivity index (χ3n) is 7.76. The topological polar surface area (TPSA) is 47.1 Å². The number of nitrogens with zero attached hydrogens (tertiary/aromatic N) is 4. The van der Waals surface area contributed by atoms with E-state index in [0.29, 0.717) is 63.6 Å². The van der Waals surface area contributed by atoms with E-state index in [-0.39, 0.29) is 30.1 Å². The number of hydrogen-bond donors (Lipinski definition) is 0. The summed E-state index contributed by atoms with van der Waals surface area (Å²) in [5, 5.41) is 0. The molecule has 1 aliphatic heterocycles. The van der Waals surface area contributed by atoms with Gasteiger partial charge in [0.25, 0.3) is 0 Å². The molecule has 7 heteroatoms. The SMILES string of the molecule is CCN(Cc1ccccc1)C(=O)Cc1ccc(N2CCN(C(C(=O)N(CC)CC)c3ccccc3)CC2)c(F)c1. The molecule has 1 saturated heterocycles. The van der Waals surface area contributed by atoms with E-state index in [4.69, 9.17) is 0 Å². The standard InChI is InChI=1S/C33H41FN4O2/c1-4-35(5-2)33(40)32(28-15-11-8-12-16-28)38-21-19-37(20-22-38)30-18-17-27(23-29(30)34)24-31(39)36(6-3)25-26-13-9-7-10-14-26/h7-18,23,32H,4-6,19-22,24-25H2,1-3H3. The largest absolute Gasteiger partial charge is 0.367 e. The van der Waals surface area contributed by atoms with Gasteiger partial charge in [0, 0.05) is 52.4 Å². The van der Waals surface area contributed by atoms with E-state index >= 15 is 4.39 Å². The van der Waals surface area contributed by atoms with E-state index < -0.39 is 0 Å². The van der Waals surface area contributed by atoms with Gasteiger partial charge in [-0.05, 0) is 49.6 Å². The number of halogens is 1. The van der Waals surface area contributed by atoms with Gasteiger partial charge in [0.1, 0.15) is 11.9 Å². The molecule has 6 nitrogen and oxygen atoms in total. The Morgan fingerprint density at radius 2 is 1.38 bits per heavy atom. The number of rotatable bonds is 11. The fourth-order valence-electron chi connectivity index (χ4n) is 5.46. The zero-order chi connectivity index (χ0) is 28.5. The number of piperazine rings is 1. The Bertz CT molecular complexity index is 1240. The fraction of sp³-hybridized carbons (Fsp3) is 0.394. The van der Waals surface area contributed by atoms with Crippen molar-refractivity contribution in [2.45, 2.75) is 39.8 Å². The molecule has 2 amide bonds. The summed E-state index contributed by atoms with van der Waals surface area (Å²) in [6.07, 6.45) is 0.165. The molecule has 0 spiro atoms. The molecule has 40 heavy (non-hydrogen) atoms. The van der Waals surface area contributed by atoms with Crippen molar-refractivity contribution in [3.63, 3.8) is 0 Å². The highest BCUT2D eigenvalue weighted by molar-refractivity contribution is 5.83. The smallest absolute Gasteiger partial charge is 0.244 e. The van der Waals surface area contributed by atoms with Gasteiger partial charge in [-0.2, -0.15) is 0 Å². The first-order chi connectivity index (χ1) is 19.4. The second kappa shape index (κ2) is 14.1. The van der Waals surface area contributed by atoms with Gasteiger partial charge in [-0.25, -0.2) is 4.39 Å². The molecule has 0 bridgehead atoms. The molecule has 212 valence electrons. The van der Waals surface area contributed by atoms with Gasteiger partial charge in [0.2, 0.25) is 11.8 Å². The van der Waals surface area contributed by atoms with Crippen LogP contribution in [0.5, 0.6) is 0 Å². The Morgan fingerprint density at radius 3 is 1.95 bits per heavy atom. The Hall–Kier alpha value is -3.71. The molecule has 0 aliphatic carbocycles. The quantitative estimate of drug-likeness (QED) is 0.335. The van der Waals surface area contributed by atoms with Crippen LogP contribution in [0.1, 0.15) is 43.5 Å². The van der Waals surface area contributed by atoms with E-state index in [0.717, 1.165) is 11.1 Å². The summed E-state index contributed by atoms with van der Waals surface area (Å²) in [5.41, 5.74) is 3.28. The molecule has 1 heterocycles. The highest BCUT2D eigenvalue weighted by Crippen LogP contribution is 2.28. The summed E-state index contributed by atoms with van der Waals surface area (Å²) < 4.78 is 15.3. The summed E-state index contributed by atoms with van der Waals surface area (Å²) in [7, 11) is 0. The zero-order valence-electron chi connectivity index (χ0n) is 23.9. The number of amides is 2. The lowest BCUT2D eigenvalue weighted by molar-refractivity contribution is -0.137. The van der Waals surface area contributed by atoms with Crippen LogP contribution < -0.4 is 4.90 Å². The van der Waals surface area contributed by atoms with Gasteiger partial charge in [-0.1, -0.05) is 66.7 Å². The maximum atomic E-state index is 15.3. The number of benzene rings is 3. The van der Waals surface area contributed by atoms with Crippen molar-refractivity contribution in [1.29, 1.82) is 0 Å². The predicted molar refractivity (Wildman–Crippen MR) is 159 cm³/mol. The lowest BCUT2D eigenvalue weighted by atomic mass is 10.0. The van der Waals surface area contributed by atoms with Crippen LogP contribution >= 0.6 is 0 Å². The average molecular weight is 545 g/mol. The third kappa shape index (κ3) is 7.07. The molecule has 1 atom stereocenters. The van der Waals surface area contributed by atoms with E-state index in [9.17, 15) is 9.59 Å². The molecule has 3 aromatic rings. The molecular formula is C33H41FN4O2. The summed E-state index contributed by atoms with van der Waals surface area (Å²) in [4.78, 5) is 34.4. The lowest BCUT2D eigenvalue weighted by Crippen LogP contribution is -2.52. The minimum Gasteiger partial charge on any atom is -0.367 e. The van der Waals surface area contributed by atoms with Crippen LogP contribution in [0.15, 0.2) is 78.9 Å². The monoisotopic (exact) mass is 544 g/mol. The average Bonchev–Trinajstić information content (AvgIpc) is 2.98. The van der Waals surface area contributed by atoms with Crippen molar-refractivity contribution in [3.8, 4) is 0 Å². The highest BCUT2D eigenvalue weighted by Gasteiger charge is 2.33. The maximum absolute atomic E-state index is 15.3. The van der Waals surface area contributed by atoms with Crippen LogP contribution in [0.25, 0.3) is 0 Å².